The molecule has 0 fully saturated rings. The first-order valence-electron chi connectivity index (χ1n) is 25.3. The summed E-state index contributed by atoms with van der Waals surface area (Å²) < 4.78 is 0. The molecule has 0 heterocycles. The molecule has 0 atom stereocenters. The number of nitrogens with zero attached hydrogens (tertiary/aromatic N) is 2. The van der Waals surface area contributed by atoms with Gasteiger partial charge in [0, 0.05) is 34.1 Å². The molecular weight excluding hydrogens is 893 g/mol. The summed E-state index contributed by atoms with van der Waals surface area (Å²) >= 11 is 0. The second-order valence-electron chi connectivity index (χ2n) is 18.6. The average Bonchev–Trinajstić information content (AvgIpc) is 3.49. The van der Waals surface area contributed by atoms with E-state index in [1.54, 1.807) is 0 Å². The number of benzene rings is 12. The Hall–Kier alpha value is -9.76. The number of hydrogen-bond acceptors (Lipinski definition) is 2. The van der Waals surface area contributed by atoms with Gasteiger partial charge in [-0.05, 0) is 169 Å². The van der Waals surface area contributed by atoms with E-state index in [0.29, 0.717) is 0 Å². The van der Waals surface area contributed by atoms with Gasteiger partial charge in [-0.2, -0.15) is 0 Å². The highest BCUT2D eigenvalue weighted by Gasteiger charge is 2.19. The van der Waals surface area contributed by atoms with Crippen LogP contribution in [0.1, 0.15) is 0 Å². The van der Waals surface area contributed by atoms with Gasteiger partial charge in [-0.15, -0.1) is 0 Å². The van der Waals surface area contributed by atoms with Gasteiger partial charge in [-0.1, -0.05) is 224 Å². The molecule has 2 nitrogen and oxygen atoms in total. The second-order valence-corrected chi connectivity index (χ2v) is 18.6. The summed E-state index contributed by atoms with van der Waals surface area (Å²) in [4.78, 5) is 4.75. The zero-order chi connectivity index (χ0) is 49.5. The number of anilines is 6. The Morgan fingerprint density at radius 1 is 0.122 bits per heavy atom. The monoisotopic (exact) mass is 944 g/mol. The highest BCUT2D eigenvalue weighted by Crippen LogP contribution is 2.43. The van der Waals surface area contributed by atoms with Crippen molar-refractivity contribution in [2.75, 3.05) is 9.80 Å². The van der Waals surface area contributed by atoms with Crippen molar-refractivity contribution in [2.45, 2.75) is 0 Å². The molecule has 0 radical (unpaired) electrons. The standard InChI is InChI=1S/C72H52N2/c1-6-18-53(19-7-1)58-32-38-69(39-33-58)74(72-51-65(56-24-12-4-13-25-56)50-66(52-72)57-26-14-5-15-27-57)71-46-44-70(45-47-71)73(67-40-34-59(35-41-67)63-30-16-28-61(48-63)54-20-8-2-9-21-54)68-42-36-60(37-43-68)64-31-17-29-62(49-64)55-22-10-3-11-23-55/h1-52H. The molecule has 0 unspecified atom stereocenters. The molecule has 0 aliphatic heterocycles. The summed E-state index contributed by atoms with van der Waals surface area (Å²) in [7, 11) is 0. The lowest BCUT2D eigenvalue weighted by Gasteiger charge is -2.29. The lowest BCUT2D eigenvalue weighted by Crippen LogP contribution is -2.12. The van der Waals surface area contributed by atoms with Gasteiger partial charge >= 0.3 is 0 Å². The fraction of sp³-hybridized carbons (Fsp3) is 0. The van der Waals surface area contributed by atoms with Gasteiger partial charge in [0.15, 0.2) is 0 Å². The predicted molar refractivity (Wildman–Crippen MR) is 314 cm³/mol. The Labute approximate surface area is 435 Å². The van der Waals surface area contributed by atoms with E-state index in [2.05, 4.69) is 325 Å². The Balaban J connectivity index is 0.955. The predicted octanol–water partition coefficient (Wildman–Crippen LogP) is 20.3. The molecule has 12 rings (SSSR count). The normalized spacial score (nSPS) is 11.0. The molecule has 0 saturated heterocycles. The summed E-state index contributed by atoms with van der Waals surface area (Å²) in [5.74, 6) is 0. The van der Waals surface area contributed by atoms with Crippen LogP contribution in [0.5, 0.6) is 0 Å². The van der Waals surface area contributed by atoms with Gasteiger partial charge in [0.25, 0.3) is 0 Å². The average molecular weight is 945 g/mol. The summed E-state index contributed by atoms with van der Waals surface area (Å²) in [6.07, 6.45) is 0. The van der Waals surface area contributed by atoms with Gasteiger partial charge in [-0.25, -0.2) is 0 Å². The molecule has 0 amide bonds. The van der Waals surface area contributed by atoms with Gasteiger partial charge in [-0.3, -0.25) is 0 Å². The molecule has 2 heteroatoms. The lowest BCUT2D eigenvalue weighted by atomic mass is 9.97. The molecule has 0 aliphatic carbocycles. The highest BCUT2D eigenvalue weighted by molar-refractivity contribution is 5.88. The van der Waals surface area contributed by atoms with Crippen LogP contribution in [0.15, 0.2) is 315 Å². The highest BCUT2D eigenvalue weighted by atomic mass is 15.2. The zero-order valence-corrected chi connectivity index (χ0v) is 40.9. The van der Waals surface area contributed by atoms with Crippen molar-refractivity contribution in [1.29, 1.82) is 0 Å². The smallest absolute Gasteiger partial charge is 0.0473 e. The maximum atomic E-state index is 2.39. The van der Waals surface area contributed by atoms with Crippen molar-refractivity contribution in [2.24, 2.45) is 0 Å². The van der Waals surface area contributed by atoms with Gasteiger partial charge in [0.05, 0.1) is 0 Å². The molecule has 0 spiro atoms. The largest absolute Gasteiger partial charge is 0.311 e. The first kappa shape index (κ1) is 45.4. The van der Waals surface area contributed by atoms with Crippen molar-refractivity contribution in [3.63, 3.8) is 0 Å². The zero-order valence-electron chi connectivity index (χ0n) is 40.9. The van der Waals surface area contributed by atoms with Crippen LogP contribution in [0, 0.1) is 0 Å². The fourth-order valence-electron chi connectivity index (χ4n) is 10.0. The van der Waals surface area contributed by atoms with Crippen LogP contribution < -0.4 is 9.80 Å². The van der Waals surface area contributed by atoms with E-state index in [-0.39, 0.29) is 0 Å². The Morgan fingerprint density at radius 3 is 0.608 bits per heavy atom. The quantitative estimate of drug-likeness (QED) is 0.114. The topological polar surface area (TPSA) is 6.48 Å². The Morgan fingerprint density at radius 2 is 0.311 bits per heavy atom. The summed E-state index contributed by atoms with van der Waals surface area (Å²) in [6.45, 7) is 0. The molecule has 0 aliphatic rings. The third-order valence-corrected chi connectivity index (χ3v) is 13.8. The molecule has 350 valence electrons. The molecule has 0 aromatic heterocycles. The van der Waals surface area contributed by atoms with E-state index >= 15 is 0 Å². The fourth-order valence-corrected chi connectivity index (χ4v) is 10.0. The van der Waals surface area contributed by atoms with Crippen LogP contribution in [0.25, 0.3) is 77.9 Å². The van der Waals surface area contributed by atoms with Crippen LogP contribution in [-0.4, -0.2) is 0 Å². The number of rotatable bonds is 13. The van der Waals surface area contributed by atoms with Crippen molar-refractivity contribution >= 4 is 34.1 Å². The third-order valence-electron chi connectivity index (χ3n) is 13.8. The minimum absolute atomic E-state index is 1.05. The maximum Gasteiger partial charge on any atom is 0.0473 e. The minimum atomic E-state index is 1.05. The van der Waals surface area contributed by atoms with E-state index < -0.39 is 0 Å². The van der Waals surface area contributed by atoms with Gasteiger partial charge < -0.3 is 9.80 Å². The minimum Gasteiger partial charge on any atom is -0.311 e. The Kier molecular flexibility index (Phi) is 12.8. The van der Waals surface area contributed by atoms with Gasteiger partial charge in [0.1, 0.15) is 0 Å². The van der Waals surface area contributed by atoms with Crippen LogP contribution in [0.3, 0.4) is 0 Å². The van der Waals surface area contributed by atoms with Crippen molar-refractivity contribution in [3.8, 4) is 77.9 Å². The molecular formula is C72H52N2. The first-order valence-corrected chi connectivity index (χ1v) is 25.3. The molecule has 0 N–H and O–H groups in total. The Bertz CT molecular complexity index is 3580. The van der Waals surface area contributed by atoms with Crippen molar-refractivity contribution in [1.82, 2.24) is 0 Å². The van der Waals surface area contributed by atoms with Crippen LogP contribution in [0.4, 0.5) is 34.1 Å². The second kappa shape index (κ2) is 20.9. The molecule has 0 bridgehead atoms. The van der Waals surface area contributed by atoms with E-state index in [1.807, 2.05) is 0 Å². The first-order chi connectivity index (χ1) is 36.7. The maximum absolute atomic E-state index is 2.39. The van der Waals surface area contributed by atoms with Crippen LogP contribution in [-0.2, 0) is 0 Å². The molecule has 0 saturated carbocycles. The summed E-state index contributed by atoms with van der Waals surface area (Å²) in [5.41, 5.74) is 22.9. The van der Waals surface area contributed by atoms with Crippen molar-refractivity contribution in [3.05, 3.63) is 315 Å². The molecule has 74 heavy (non-hydrogen) atoms. The van der Waals surface area contributed by atoms with Crippen LogP contribution >= 0.6 is 0 Å². The van der Waals surface area contributed by atoms with Crippen molar-refractivity contribution < 1.29 is 0 Å². The molecule has 12 aromatic rings. The number of hydrogen-bond donors (Lipinski definition) is 0. The summed E-state index contributed by atoms with van der Waals surface area (Å²) in [6, 6.07) is 114. The SMILES string of the molecule is c1ccc(-c2ccc(N(c3ccc(N(c4ccc(-c5cccc(-c6ccccc6)c5)cc4)c4ccc(-c5cccc(-c6ccccc6)c5)cc4)cc3)c3cc(-c4ccccc4)cc(-c4ccccc4)c3)cc2)cc1. The lowest BCUT2D eigenvalue weighted by molar-refractivity contribution is 1.26. The van der Waals surface area contributed by atoms with Crippen LogP contribution in [0.2, 0.25) is 0 Å². The third kappa shape index (κ3) is 9.81. The van der Waals surface area contributed by atoms with E-state index in [4.69, 9.17) is 0 Å². The van der Waals surface area contributed by atoms with E-state index in [1.165, 1.54) is 55.6 Å². The summed E-state index contributed by atoms with van der Waals surface area (Å²) in [5, 5.41) is 0. The van der Waals surface area contributed by atoms with Gasteiger partial charge in [0.2, 0.25) is 0 Å². The van der Waals surface area contributed by atoms with E-state index in [0.717, 1.165) is 56.4 Å². The molecule has 12 aromatic carbocycles. The van der Waals surface area contributed by atoms with E-state index in [9.17, 15) is 0 Å².